The number of esters is 1. The first kappa shape index (κ1) is 66.0. The molecule has 0 fully saturated rings. The molecule has 0 saturated carbocycles. The van der Waals surface area contributed by atoms with Gasteiger partial charge in [0, 0.05) is 12.0 Å². The van der Waals surface area contributed by atoms with E-state index in [1.807, 2.05) is 54.6 Å². The van der Waals surface area contributed by atoms with Crippen LogP contribution in [0.5, 0.6) is 0 Å². The summed E-state index contributed by atoms with van der Waals surface area (Å²) >= 11 is 0. The van der Waals surface area contributed by atoms with Crippen molar-refractivity contribution < 1.29 is 66.7 Å². The van der Waals surface area contributed by atoms with Crippen molar-refractivity contribution >= 4 is 75.8 Å². The van der Waals surface area contributed by atoms with Gasteiger partial charge in [0.15, 0.2) is 11.2 Å². The number of nitrogens with zero attached hydrogens (tertiary/aromatic N) is 4. The molecule has 0 aliphatic carbocycles. The molecule has 4 atom stereocenters. The third-order valence-corrected chi connectivity index (χ3v) is 11.5. The fourth-order valence-corrected chi connectivity index (χ4v) is 7.86. The third-order valence-electron chi connectivity index (χ3n) is 11.5. The molecular formula is C63H77N9O14. The van der Waals surface area contributed by atoms with Crippen LogP contribution in [0.1, 0.15) is 130 Å². The Kier molecular flexibility index (Phi) is 22.3. The van der Waals surface area contributed by atoms with Crippen LogP contribution in [-0.4, -0.2) is 90.9 Å². The quantitative estimate of drug-likeness (QED) is 0.0230. The normalized spacial score (nSPS) is 13.1. The summed E-state index contributed by atoms with van der Waals surface area (Å²) < 4.78 is 38.1. The first-order chi connectivity index (χ1) is 40.3. The minimum Gasteiger partial charge on any atom is -0.461 e. The van der Waals surface area contributed by atoms with Gasteiger partial charge in [-0.25, -0.2) is 39.1 Å². The molecule has 0 bridgehead atoms. The van der Waals surface area contributed by atoms with Crippen molar-refractivity contribution in [1.29, 1.82) is 0 Å². The molecule has 2 unspecified atom stereocenters. The second-order valence-corrected chi connectivity index (χ2v) is 23.9. The first-order valence-corrected chi connectivity index (χ1v) is 27.7. The molecule has 4 amide bonds. The maximum atomic E-state index is 13.0. The van der Waals surface area contributed by atoms with E-state index in [-0.39, 0.29) is 43.1 Å². The van der Waals surface area contributed by atoms with Crippen LogP contribution >= 0.6 is 0 Å². The van der Waals surface area contributed by atoms with Gasteiger partial charge in [-0.05, 0) is 161 Å². The summed E-state index contributed by atoms with van der Waals surface area (Å²) in [6.07, 6.45) is -5.01. The van der Waals surface area contributed by atoms with Crippen molar-refractivity contribution in [2.24, 2.45) is 21.6 Å². The number of aromatic nitrogens is 2. The average Bonchev–Trinajstić information content (AvgIpc) is 3.62. The molecule has 23 heteroatoms. The zero-order valence-corrected chi connectivity index (χ0v) is 50.4. The Bertz CT molecular complexity index is 3330. The van der Waals surface area contributed by atoms with Crippen LogP contribution in [0.2, 0.25) is 0 Å². The highest BCUT2D eigenvalue weighted by Gasteiger charge is 2.30. The molecule has 23 nitrogen and oxygen atoms in total. The largest absolute Gasteiger partial charge is 0.461 e. The number of aliphatic hydroxyl groups excluding tert-OH is 2. The van der Waals surface area contributed by atoms with Gasteiger partial charge in [0.1, 0.15) is 52.3 Å². The van der Waals surface area contributed by atoms with Gasteiger partial charge in [0.2, 0.25) is 23.7 Å². The number of fused-ring (bicyclic) bond motifs is 2. The summed E-state index contributed by atoms with van der Waals surface area (Å²) in [5, 5.41) is 31.8. The number of rotatable bonds is 14. The Labute approximate surface area is 499 Å². The van der Waals surface area contributed by atoms with Crippen LogP contribution in [0.25, 0.3) is 22.2 Å². The Balaban J connectivity index is 0.000000283. The maximum absolute atomic E-state index is 13.0. The number of aliphatic imine (C=N–C) groups is 2. The monoisotopic (exact) mass is 1180 g/mol. The molecule has 0 spiro atoms. The highest BCUT2D eigenvalue weighted by molar-refractivity contribution is 6.03. The fourth-order valence-electron chi connectivity index (χ4n) is 7.86. The van der Waals surface area contributed by atoms with Crippen molar-refractivity contribution in [2.45, 2.75) is 150 Å². The Morgan fingerprint density at radius 3 is 1.23 bits per heavy atom. The molecule has 458 valence electrons. The lowest BCUT2D eigenvalue weighted by Crippen LogP contribution is -2.47. The van der Waals surface area contributed by atoms with Crippen molar-refractivity contribution in [3.63, 3.8) is 0 Å². The second-order valence-electron chi connectivity index (χ2n) is 23.9. The molecule has 86 heavy (non-hydrogen) atoms. The minimum absolute atomic E-state index is 0.101. The zero-order valence-electron chi connectivity index (χ0n) is 50.4. The average molecular weight is 1180 g/mol. The molecule has 8 N–H and O–H groups in total. The zero-order chi connectivity index (χ0) is 63.0. The fraction of sp³-hybridized carbons (Fsp3) is 0.381. The number of benzene rings is 5. The lowest BCUT2D eigenvalue weighted by molar-refractivity contribution is -0.147. The maximum Gasteiger partial charge on any atom is 0.414 e. The number of nitrogens with two attached hydrogens (primary N) is 1. The van der Waals surface area contributed by atoms with E-state index >= 15 is 0 Å². The second kappa shape index (κ2) is 29.1. The number of guanidine groups is 2. The van der Waals surface area contributed by atoms with Gasteiger partial charge in [-0.15, -0.1) is 0 Å². The van der Waals surface area contributed by atoms with Crippen LogP contribution in [0.3, 0.4) is 0 Å². The number of hydrogen-bond acceptors (Lipinski definition) is 19. The van der Waals surface area contributed by atoms with Crippen molar-refractivity contribution in [2.75, 3.05) is 0 Å². The number of alkyl carbamates (subject to hydrolysis) is 4. The Morgan fingerprint density at radius 2 is 0.849 bits per heavy atom. The van der Waals surface area contributed by atoms with Crippen LogP contribution in [0.4, 0.5) is 30.6 Å². The van der Waals surface area contributed by atoms with E-state index in [1.165, 1.54) is 0 Å². The van der Waals surface area contributed by atoms with Gasteiger partial charge in [-0.3, -0.25) is 26.1 Å². The number of amides is 4. The van der Waals surface area contributed by atoms with Gasteiger partial charge >= 0.3 is 30.3 Å². The molecule has 0 aliphatic heterocycles. The summed E-state index contributed by atoms with van der Waals surface area (Å²) in [5.74, 6) is -1.23. The van der Waals surface area contributed by atoms with Crippen LogP contribution < -0.4 is 27.0 Å². The topological polar surface area (TPSA) is 323 Å². The summed E-state index contributed by atoms with van der Waals surface area (Å²) in [7, 11) is 0. The van der Waals surface area contributed by atoms with E-state index in [0.29, 0.717) is 40.0 Å². The molecule has 0 saturated heterocycles. The Hall–Kier alpha value is -9.19. The number of oxazole rings is 2. The number of nitrogens with one attached hydrogen (secondary N) is 4. The third kappa shape index (κ3) is 22.8. The van der Waals surface area contributed by atoms with Crippen molar-refractivity contribution in [3.05, 3.63) is 156 Å². The van der Waals surface area contributed by atoms with Crippen LogP contribution in [0, 0.1) is 5.92 Å². The van der Waals surface area contributed by atoms with E-state index in [4.69, 9.17) is 38.3 Å². The lowest BCUT2D eigenvalue weighted by atomic mass is 9.90. The van der Waals surface area contributed by atoms with Crippen LogP contribution in [-0.2, 0) is 47.9 Å². The van der Waals surface area contributed by atoms with E-state index in [1.54, 1.807) is 156 Å². The molecule has 7 aromatic rings. The summed E-state index contributed by atoms with van der Waals surface area (Å²) in [4.78, 5) is 79.9. The van der Waals surface area contributed by atoms with E-state index in [2.05, 4.69) is 41.2 Å². The van der Waals surface area contributed by atoms with Crippen molar-refractivity contribution in [3.8, 4) is 0 Å². The van der Waals surface area contributed by atoms with Crippen molar-refractivity contribution in [1.82, 2.24) is 31.2 Å². The summed E-state index contributed by atoms with van der Waals surface area (Å²) in [5.41, 5.74) is 8.78. The van der Waals surface area contributed by atoms with E-state index < -0.39 is 76.9 Å². The summed E-state index contributed by atoms with van der Waals surface area (Å²) in [6.45, 7) is 20.7. The standard InChI is InChI=1S/C36H42N4O8.C27H35N5O6/c1-35(2,3)47-33(43)39-32(40-34(44)48-36(4,5)6)37-26-18-16-23(17-19-26)20-25(21-29(41)45-22-24-12-8-7-9-13-24)30(42)31-38-27-14-10-11-15-28(27)46-31;1-26(2,3)37-24(34)31-23(32-25(35)38-27(4,5)6)29-17-13-11-16(12-14-17)15-18(28)21(33)22-30-19-9-7-8-10-20(19)36-22/h7-19,25,30,42H,20-22H2,1-6H3,(H2,37,39,40,43,44);7-14,18,21,33H,15,28H2,1-6H3,(H2,29,31,32,34,35)/t25-,30?;18-,21?/m10/s1. The molecule has 7 rings (SSSR count). The molecular weight excluding hydrogens is 1110 g/mol. The SMILES string of the molecule is CC(C)(C)OC(=O)NC(=Nc1ccc(C[C@H](CC(=O)OCc2ccccc2)C(O)c2nc3ccccc3o2)cc1)NC(=O)OC(C)(C)C.CC(C)(C)OC(=O)NC(=Nc1ccc(C[C@H](N)C(O)c2nc3ccccc3o2)cc1)NC(=O)OC(C)(C)C. The number of hydrogen-bond donors (Lipinski definition) is 7. The molecule has 5 aromatic carbocycles. The van der Waals surface area contributed by atoms with Crippen LogP contribution in [0.15, 0.2) is 146 Å². The number of aliphatic hydroxyl groups is 2. The number of carbonyl (C=O) groups excluding carboxylic acids is 5. The highest BCUT2D eigenvalue weighted by atomic mass is 16.6. The smallest absolute Gasteiger partial charge is 0.414 e. The predicted octanol–water partition coefficient (Wildman–Crippen LogP) is 11.4. The highest BCUT2D eigenvalue weighted by Crippen LogP contribution is 2.32. The minimum atomic E-state index is -1.21. The van der Waals surface area contributed by atoms with Gasteiger partial charge in [0.25, 0.3) is 0 Å². The number of ether oxygens (including phenoxy) is 5. The van der Waals surface area contributed by atoms with Gasteiger partial charge in [-0.2, -0.15) is 0 Å². The summed E-state index contributed by atoms with van der Waals surface area (Å²) in [6, 6.07) is 36.8. The van der Waals surface area contributed by atoms with Gasteiger partial charge < -0.3 is 48.5 Å². The molecule has 2 heterocycles. The van der Waals surface area contributed by atoms with Gasteiger partial charge in [0.05, 0.1) is 17.8 Å². The van der Waals surface area contributed by atoms with E-state index in [0.717, 1.165) is 16.7 Å². The molecule has 0 radical (unpaired) electrons. The number of carbonyl (C=O) groups is 5. The van der Waals surface area contributed by atoms with E-state index in [9.17, 15) is 34.2 Å². The molecule has 0 aliphatic rings. The first-order valence-electron chi connectivity index (χ1n) is 27.7. The lowest BCUT2D eigenvalue weighted by Gasteiger charge is -2.22. The number of para-hydroxylation sites is 4. The molecule has 2 aromatic heterocycles. The van der Waals surface area contributed by atoms with Gasteiger partial charge in [-0.1, -0.05) is 78.9 Å². The predicted molar refractivity (Wildman–Crippen MR) is 322 cm³/mol. The Morgan fingerprint density at radius 1 is 0.488 bits per heavy atom.